The van der Waals surface area contributed by atoms with Crippen molar-refractivity contribution < 1.29 is 4.79 Å². The van der Waals surface area contributed by atoms with Gasteiger partial charge in [-0.1, -0.05) is 18.2 Å². The second-order valence-electron chi connectivity index (χ2n) is 3.98. The van der Waals surface area contributed by atoms with Crippen molar-refractivity contribution in [3.05, 3.63) is 47.6 Å². The number of thiazole rings is 1. The van der Waals surface area contributed by atoms with Crippen molar-refractivity contribution in [2.45, 2.75) is 0 Å². The molecule has 1 aromatic carbocycles. The van der Waals surface area contributed by atoms with Gasteiger partial charge in [0.2, 0.25) is 0 Å². The summed E-state index contributed by atoms with van der Waals surface area (Å²) in [5, 5.41) is 3.58. The number of carbonyl (C=O) groups is 1. The molecular weight excluding hydrogens is 280 g/mol. The van der Waals surface area contributed by atoms with Crippen LogP contribution in [0.2, 0.25) is 0 Å². The minimum atomic E-state index is -0.155. The van der Waals surface area contributed by atoms with Crippen LogP contribution in [0, 0.1) is 0 Å². The number of hydrogen-bond donors (Lipinski definition) is 0. The number of benzene rings is 1. The molecule has 0 saturated heterocycles. The van der Waals surface area contributed by atoms with Gasteiger partial charge in [-0.2, -0.15) is 0 Å². The van der Waals surface area contributed by atoms with E-state index in [1.165, 1.54) is 11.3 Å². The molecule has 0 saturated carbocycles. The lowest BCUT2D eigenvalue weighted by atomic mass is 10.1. The van der Waals surface area contributed by atoms with E-state index in [2.05, 4.69) is 9.97 Å². The normalized spacial score (nSPS) is 10.8. The Morgan fingerprint density at radius 2 is 2.11 bits per heavy atom. The van der Waals surface area contributed by atoms with E-state index >= 15 is 0 Å². The molecule has 0 aliphatic rings. The van der Waals surface area contributed by atoms with E-state index in [-0.39, 0.29) is 11.7 Å². The number of aromatic nitrogens is 2. The Balaban J connectivity index is 2.14. The lowest BCUT2D eigenvalue weighted by molar-refractivity contribution is 0.101. The molecule has 0 amide bonds. The zero-order chi connectivity index (χ0) is 13.2. The van der Waals surface area contributed by atoms with Crippen LogP contribution in [0.15, 0.2) is 41.9 Å². The summed E-state index contributed by atoms with van der Waals surface area (Å²) in [4.78, 5) is 20.3. The fraction of sp³-hybridized carbons (Fsp3) is 0.0714. The third-order valence-electron chi connectivity index (χ3n) is 2.77. The number of carbonyl (C=O) groups excluding carboxylic acids is 1. The van der Waals surface area contributed by atoms with Gasteiger partial charge >= 0.3 is 0 Å². The molecule has 0 fully saturated rings. The Morgan fingerprint density at radius 3 is 2.95 bits per heavy atom. The number of para-hydroxylation sites is 1. The second-order valence-corrected chi connectivity index (χ2v) is 5.10. The molecule has 0 N–H and O–H groups in total. The van der Waals surface area contributed by atoms with Gasteiger partial charge in [-0.25, -0.2) is 4.98 Å². The highest BCUT2D eigenvalue weighted by Gasteiger charge is 2.12. The van der Waals surface area contributed by atoms with Crippen molar-refractivity contribution in [1.82, 2.24) is 9.97 Å². The van der Waals surface area contributed by atoms with Crippen molar-refractivity contribution >= 4 is 39.6 Å². The van der Waals surface area contributed by atoms with E-state index in [9.17, 15) is 4.79 Å². The number of ketones is 1. The number of Topliss-reactive ketones (excluding diaryl/α,β-unsaturated/α-hetero) is 1. The smallest absolute Gasteiger partial charge is 0.196 e. The van der Waals surface area contributed by atoms with Crippen molar-refractivity contribution in [2.75, 3.05) is 5.88 Å². The quantitative estimate of drug-likeness (QED) is 0.544. The minimum absolute atomic E-state index is 0.0447. The predicted molar refractivity (Wildman–Crippen MR) is 77.9 cm³/mol. The lowest BCUT2D eigenvalue weighted by Crippen LogP contribution is -2.00. The highest BCUT2D eigenvalue weighted by molar-refractivity contribution is 7.13. The van der Waals surface area contributed by atoms with Gasteiger partial charge < -0.3 is 0 Å². The molecule has 94 valence electrons. The van der Waals surface area contributed by atoms with Gasteiger partial charge in [0.15, 0.2) is 5.78 Å². The van der Waals surface area contributed by atoms with Gasteiger partial charge in [0.05, 0.1) is 11.4 Å². The standard InChI is InChI=1S/C14H9ClN2OS/c15-7-12(18)11-8-19-14(17-11)10-5-1-3-9-4-2-6-16-13(9)10/h1-6,8H,7H2. The molecule has 0 spiro atoms. The fourth-order valence-electron chi connectivity index (χ4n) is 1.87. The van der Waals surface area contributed by atoms with Crippen LogP contribution < -0.4 is 0 Å². The van der Waals surface area contributed by atoms with E-state index < -0.39 is 0 Å². The van der Waals surface area contributed by atoms with Gasteiger partial charge in [-0.05, 0) is 12.1 Å². The second kappa shape index (κ2) is 5.07. The first-order valence-electron chi connectivity index (χ1n) is 5.68. The predicted octanol–water partition coefficient (Wildman–Crippen LogP) is 3.78. The van der Waals surface area contributed by atoms with Gasteiger partial charge in [-0.3, -0.25) is 9.78 Å². The molecule has 0 atom stereocenters. The first kappa shape index (κ1) is 12.3. The number of pyridine rings is 1. The van der Waals surface area contributed by atoms with Gasteiger partial charge in [0.25, 0.3) is 0 Å². The number of hydrogen-bond acceptors (Lipinski definition) is 4. The summed E-state index contributed by atoms with van der Waals surface area (Å²) in [5.74, 6) is -0.200. The number of halogens is 1. The average molecular weight is 289 g/mol. The molecule has 0 radical (unpaired) electrons. The van der Waals surface area contributed by atoms with Crippen molar-refractivity contribution in [3.8, 4) is 10.6 Å². The summed E-state index contributed by atoms with van der Waals surface area (Å²) in [6.45, 7) is 0. The fourth-order valence-corrected chi connectivity index (χ4v) is 2.86. The molecule has 0 unspecified atom stereocenters. The van der Waals surface area contributed by atoms with Crippen LogP contribution in [0.1, 0.15) is 10.5 Å². The molecule has 5 heteroatoms. The zero-order valence-electron chi connectivity index (χ0n) is 9.84. The molecule has 19 heavy (non-hydrogen) atoms. The van der Waals surface area contributed by atoms with E-state index in [1.807, 2.05) is 30.3 Å². The van der Waals surface area contributed by atoms with E-state index in [4.69, 9.17) is 11.6 Å². The number of rotatable bonds is 3. The van der Waals surface area contributed by atoms with Crippen LogP contribution in [-0.4, -0.2) is 21.6 Å². The summed E-state index contributed by atoms with van der Waals surface area (Å²) in [6.07, 6.45) is 1.75. The summed E-state index contributed by atoms with van der Waals surface area (Å²) in [5.41, 5.74) is 2.25. The maximum atomic E-state index is 11.5. The SMILES string of the molecule is O=C(CCl)c1csc(-c2cccc3cccnc23)n1. The van der Waals surface area contributed by atoms with E-state index in [1.54, 1.807) is 11.6 Å². The Hall–Kier alpha value is -1.78. The summed E-state index contributed by atoms with van der Waals surface area (Å²) in [6, 6.07) is 9.83. The molecular formula is C14H9ClN2OS. The molecule has 3 aromatic rings. The maximum Gasteiger partial charge on any atom is 0.196 e. The van der Waals surface area contributed by atoms with Crippen molar-refractivity contribution in [3.63, 3.8) is 0 Å². The first-order chi connectivity index (χ1) is 9.29. The monoisotopic (exact) mass is 288 g/mol. The first-order valence-corrected chi connectivity index (χ1v) is 7.10. The Kier molecular flexibility index (Phi) is 3.27. The topological polar surface area (TPSA) is 42.9 Å². The van der Waals surface area contributed by atoms with Crippen LogP contribution in [0.25, 0.3) is 21.5 Å². The maximum absolute atomic E-state index is 11.5. The third-order valence-corrected chi connectivity index (χ3v) is 3.89. The van der Waals surface area contributed by atoms with Crippen LogP contribution in [-0.2, 0) is 0 Å². The molecule has 0 aliphatic heterocycles. The average Bonchev–Trinajstić information content (AvgIpc) is 2.95. The molecule has 0 aliphatic carbocycles. The molecule has 2 heterocycles. The van der Waals surface area contributed by atoms with Gasteiger partial charge in [0.1, 0.15) is 10.7 Å². The highest BCUT2D eigenvalue weighted by atomic mass is 35.5. The van der Waals surface area contributed by atoms with Gasteiger partial charge in [-0.15, -0.1) is 22.9 Å². The Morgan fingerprint density at radius 1 is 1.26 bits per heavy atom. The van der Waals surface area contributed by atoms with Crippen LogP contribution in [0.4, 0.5) is 0 Å². The Labute approximate surface area is 118 Å². The molecule has 3 rings (SSSR count). The summed E-state index contributed by atoms with van der Waals surface area (Å²) < 4.78 is 0. The van der Waals surface area contributed by atoms with Gasteiger partial charge in [0, 0.05) is 22.5 Å². The summed E-state index contributed by atoms with van der Waals surface area (Å²) in [7, 11) is 0. The molecule has 0 bridgehead atoms. The minimum Gasteiger partial charge on any atom is -0.291 e. The van der Waals surface area contributed by atoms with Crippen molar-refractivity contribution in [1.29, 1.82) is 0 Å². The largest absolute Gasteiger partial charge is 0.291 e. The van der Waals surface area contributed by atoms with Crippen molar-refractivity contribution in [2.24, 2.45) is 0 Å². The third kappa shape index (κ3) is 2.25. The molecule has 2 aromatic heterocycles. The number of nitrogens with zero attached hydrogens (tertiary/aromatic N) is 2. The lowest BCUT2D eigenvalue weighted by Gasteiger charge is -2.01. The van der Waals surface area contributed by atoms with E-state index in [0.717, 1.165) is 21.5 Å². The van der Waals surface area contributed by atoms with E-state index in [0.29, 0.717) is 5.69 Å². The zero-order valence-corrected chi connectivity index (χ0v) is 11.4. The number of fused-ring (bicyclic) bond motifs is 1. The highest BCUT2D eigenvalue weighted by Crippen LogP contribution is 2.29. The molecule has 3 nitrogen and oxygen atoms in total. The van der Waals surface area contributed by atoms with Crippen LogP contribution in [0.5, 0.6) is 0 Å². The van der Waals surface area contributed by atoms with Crippen LogP contribution in [0.3, 0.4) is 0 Å². The van der Waals surface area contributed by atoms with Crippen LogP contribution >= 0.6 is 22.9 Å². The number of alkyl halides is 1. The summed E-state index contributed by atoms with van der Waals surface area (Å²) >= 11 is 6.97. The Bertz CT molecular complexity index is 749.